The van der Waals surface area contributed by atoms with Crippen LogP contribution in [0.1, 0.15) is 37.1 Å². The van der Waals surface area contributed by atoms with Gasteiger partial charge in [-0.05, 0) is 31.6 Å². The number of nitrogens with zero attached hydrogens (tertiary/aromatic N) is 4. The van der Waals surface area contributed by atoms with Crippen molar-refractivity contribution in [3.8, 4) is 23.0 Å². The fourth-order valence-electron chi connectivity index (χ4n) is 3.61. The van der Waals surface area contributed by atoms with E-state index in [9.17, 15) is 13.2 Å². The molecule has 0 saturated heterocycles. The smallest absolute Gasteiger partial charge is 0.332 e. The molecule has 0 amide bonds. The molecule has 28 heavy (non-hydrogen) atoms. The van der Waals surface area contributed by atoms with Crippen molar-refractivity contribution >= 4 is 0 Å². The lowest BCUT2D eigenvalue weighted by Gasteiger charge is -2.30. The van der Waals surface area contributed by atoms with Crippen LogP contribution in [0, 0.1) is 12.3 Å². The molecule has 1 aliphatic carbocycles. The Morgan fingerprint density at radius 3 is 2.57 bits per heavy atom. The molecule has 0 fully saturated rings. The van der Waals surface area contributed by atoms with E-state index in [-0.39, 0.29) is 11.3 Å². The van der Waals surface area contributed by atoms with E-state index in [0.717, 1.165) is 27.8 Å². The van der Waals surface area contributed by atoms with Crippen molar-refractivity contribution in [1.29, 1.82) is 0 Å². The number of benzene rings is 1. The summed E-state index contributed by atoms with van der Waals surface area (Å²) >= 11 is 0. The van der Waals surface area contributed by atoms with Crippen molar-refractivity contribution in [3.05, 3.63) is 41.1 Å². The predicted octanol–water partition coefficient (Wildman–Crippen LogP) is 4.99. The van der Waals surface area contributed by atoms with Gasteiger partial charge in [0, 0.05) is 16.8 Å². The number of aryl methyl sites for hydroxylation is 1. The van der Waals surface area contributed by atoms with Crippen molar-refractivity contribution in [2.24, 2.45) is 5.41 Å². The lowest BCUT2D eigenvalue weighted by Crippen LogP contribution is -2.27. The second-order valence-electron chi connectivity index (χ2n) is 8.18. The fourth-order valence-corrected chi connectivity index (χ4v) is 3.61. The summed E-state index contributed by atoms with van der Waals surface area (Å²) in [6.07, 6.45) is -2.31. The molecule has 2 heterocycles. The van der Waals surface area contributed by atoms with Crippen LogP contribution in [0.25, 0.3) is 23.0 Å². The first-order valence-corrected chi connectivity index (χ1v) is 9.18. The third-order valence-corrected chi connectivity index (χ3v) is 5.13. The van der Waals surface area contributed by atoms with E-state index >= 15 is 0 Å². The van der Waals surface area contributed by atoms with E-state index in [1.54, 1.807) is 0 Å². The van der Waals surface area contributed by atoms with Crippen molar-refractivity contribution in [1.82, 2.24) is 19.9 Å². The number of rotatable bonds is 3. The summed E-state index contributed by atoms with van der Waals surface area (Å²) in [5.41, 5.74) is 3.57. The highest BCUT2D eigenvalue weighted by Crippen LogP contribution is 2.39. The van der Waals surface area contributed by atoms with Crippen LogP contribution in [-0.2, 0) is 19.4 Å². The largest absolute Gasteiger partial charge is 0.408 e. The number of halogens is 3. The Labute approximate surface area is 160 Å². The maximum Gasteiger partial charge on any atom is 0.408 e. The van der Waals surface area contributed by atoms with Crippen LogP contribution in [0.4, 0.5) is 13.2 Å². The first kappa shape index (κ1) is 18.7. The minimum Gasteiger partial charge on any atom is -0.332 e. The van der Waals surface area contributed by atoms with Gasteiger partial charge in [-0.2, -0.15) is 23.3 Å². The summed E-state index contributed by atoms with van der Waals surface area (Å²) in [5.74, 6) is 0.553. The third kappa shape index (κ3) is 3.68. The standard InChI is InChI=1S/C20H21F3N4O/c1-12-4-6-13(7-5-12)17-24-18(28-26-17)16-14-8-9-19(2,3)10-15(14)27(25-16)11-20(21,22)23/h4-7H,8-11H2,1-3H3. The van der Waals surface area contributed by atoms with Gasteiger partial charge in [0.25, 0.3) is 5.89 Å². The van der Waals surface area contributed by atoms with E-state index in [2.05, 4.69) is 29.1 Å². The van der Waals surface area contributed by atoms with Crippen LogP contribution < -0.4 is 0 Å². The Balaban J connectivity index is 1.75. The molecule has 1 aliphatic rings. The minimum absolute atomic E-state index is 0.0739. The summed E-state index contributed by atoms with van der Waals surface area (Å²) in [5, 5.41) is 8.23. The zero-order chi connectivity index (χ0) is 20.1. The van der Waals surface area contributed by atoms with Gasteiger partial charge in [-0.3, -0.25) is 4.68 Å². The monoisotopic (exact) mass is 390 g/mol. The highest BCUT2D eigenvalue weighted by atomic mass is 19.4. The quantitative estimate of drug-likeness (QED) is 0.633. The molecular weight excluding hydrogens is 369 g/mol. The fraction of sp³-hybridized carbons (Fsp3) is 0.450. The first-order chi connectivity index (χ1) is 13.1. The molecule has 0 bridgehead atoms. The van der Waals surface area contributed by atoms with Gasteiger partial charge >= 0.3 is 6.18 Å². The van der Waals surface area contributed by atoms with Crippen LogP contribution in [0.2, 0.25) is 0 Å². The lowest BCUT2D eigenvalue weighted by molar-refractivity contribution is -0.143. The number of hydrogen-bond donors (Lipinski definition) is 0. The zero-order valence-electron chi connectivity index (χ0n) is 16.0. The first-order valence-electron chi connectivity index (χ1n) is 9.18. The normalized spacial score (nSPS) is 16.2. The second-order valence-corrected chi connectivity index (χ2v) is 8.18. The molecule has 0 spiro atoms. The average molecular weight is 390 g/mol. The van der Waals surface area contributed by atoms with Gasteiger partial charge in [-0.25, -0.2) is 0 Å². The summed E-state index contributed by atoms with van der Waals surface area (Å²) in [7, 11) is 0. The van der Waals surface area contributed by atoms with E-state index in [4.69, 9.17) is 4.52 Å². The molecule has 0 N–H and O–H groups in total. The third-order valence-electron chi connectivity index (χ3n) is 5.13. The van der Waals surface area contributed by atoms with Crippen LogP contribution in [0.5, 0.6) is 0 Å². The molecule has 0 atom stereocenters. The molecule has 1 aromatic carbocycles. The molecule has 0 unspecified atom stereocenters. The molecule has 148 valence electrons. The van der Waals surface area contributed by atoms with Crippen molar-refractivity contribution < 1.29 is 17.7 Å². The highest BCUT2D eigenvalue weighted by Gasteiger charge is 2.36. The van der Waals surface area contributed by atoms with Gasteiger partial charge in [0.2, 0.25) is 5.82 Å². The van der Waals surface area contributed by atoms with Crippen LogP contribution in [0.3, 0.4) is 0 Å². The predicted molar refractivity (Wildman–Crippen MR) is 97.6 cm³/mol. The second kappa shape index (κ2) is 6.46. The van der Waals surface area contributed by atoms with Gasteiger partial charge in [0.05, 0.1) is 0 Å². The van der Waals surface area contributed by atoms with E-state index < -0.39 is 12.7 Å². The summed E-state index contributed by atoms with van der Waals surface area (Å²) in [6, 6.07) is 7.63. The minimum atomic E-state index is -4.35. The molecule has 5 nitrogen and oxygen atoms in total. The molecule has 3 aromatic rings. The van der Waals surface area contributed by atoms with Gasteiger partial charge in [0.1, 0.15) is 6.54 Å². The number of aromatic nitrogens is 4. The van der Waals surface area contributed by atoms with Crippen molar-refractivity contribution in [2.75, 3.05) is 0 Å². The number of hydrogen-bond acceptors (Lipinski definition) is 4. The van der Waals surface area contributed by atoms with Gasteiger partial charge in [-0.1, -0.05) is 48.8 Å². The maximum absolute atomic E-state index is 13.1. The molecule has 2 aromatic heterocycles. The van der Waals surface area contributed by atoms with Gasteiger partial charge < -0.3 is 4.52 Å². The van der Waals surface area contributed by atoms with Gasteiger partial charge in [-0.15, -0.1) is 0 Å². The Kier molecular flexibility index (Phi) is 4.32. The van der Waals surface area contributed by atoms with Crippen molar-refractivity contribution in [2.45, 2.75) is 52.8 Å². The topological polar surface area (TPSA) is 56.7 Å². The molecule has 0 saturated carbocycles. The average Bonchev–Trinajstić information content (AvgIpc) is 3.19. The van der Waals surface area contributed by atoms with Crippen LogP contribution in [-0.4, -0.2) is 26.1 Å². The summed E-state index contributed by atoms with van der Waals surface area (Å²) in [4.78, 5) is 4.40. The Hall–Kier alpha value is -2.64. The Morgan fingerprint density at radius 1 is 1.18 bits per heavy atom. The highest BCUT2D eigenvalue weighted by molar-refractivity contribution is 5.61. The molecule has 8 heteroatoms. The summed E-state index contributed by atoms with van der Waals surface area (Å²) < 4.78 is 45.6. The molecular formula is C20H21F3N4O. The van der Waals surface area contributed by atoms with E-state index in [1.165, 1.54) is 0 Å². The van der Waals surface area contributed by atoms with E-state index in [0.29, 0.717) is 30.1 Å². The van der Waals surface area contributed by atoms with E-state index in [1.807, 2.05) is 31.2 Å². The molecule has 0 aliphatic heterocycles. The number of alkyl halides is 3. The SMILES string of the molecule is Cc1ccc(-c2noc(-c3nn(CC(F)(F)F)c4c3CCC(C)(C)C4)n2)cc1. The zero-order valence-corrected chi connectivity index (χ0v) is 16.0. The Morgan fingerprint density at radius 2 is 1.89 bits per heavy atom. The maximum atomic E-state index is 13.1. The molecule has 4 rings (SSSR count). The van der Waals surface area contributed by atoms with Crippen LogP contribution >= 0.6 is 0 Å². The van der Waals surface area contributed by atoms with Crippen molar-refractivity contribution in [3.63, 3.8) is 0 Å². The molecule has 0 radical (unpaired) electrons. The van der Waals surface area contributed by atoms with Crippen LogP contribution in [0.15, 0.2) is 28.8 Å². The lowest BCUT2D eigenvalue weighted by atomic mass is 9.76. The number of fused-ring (bicyclic) bond motifs is 1. The van der Waals surface area contributed by atoms with Gasteiger partial charge in [0.15, 0.2) is 5.69 Å². The Bertz CT molecular complexity index is 1000. The summed E-state index contributed by atoms with van der Waals surface area (Å²) in [6.45, 7) is 4.97.